The maximum Gasteiger partial charge on any atom is 0.0435 e. The van der Waals surface area contributed by atoms with Crippen LogP contribution in [0.5, 0.6) is 0 Å². The molecule has 1 unspecified atom stereocenters. The number of rotatable bonds is 3. The fourth-order valence-corrected chi connectivity index (χ4v) is 1.91. The Bertz CT molecular complexity index is 497. The van der Waals surface area contributed by atoms with Crippen LogP contribution in [0.4, 0.5) is 0 Å². The minimum absolute atomic E-state index is 0.0184. The van der Waals surface area contributed by atoms with Crippen molar-refractivity contribution in [3.05, 3.63) is 64.4 Å². The van der Waals surface area contributed by atoms with Gasteiger partial charge in [0.1, 0.15) is 0 Å². The maximum atomic E-state index is 6.18. The van der Waals surface area contributed by atoms with E-state index in [0.717, 1.165) is 28.1 Å². The van der Waals surface area contributed by atoms with E-state index in [9.17, 15) is 0 Å². The second kappa shape index (κ2) is 5.30. The summed E-state index contributed by atoms with van der Waals surface area (Å²) in [6, 6.07) is 9.87. The molecule has 0 fully saturated rings. The lowest BCUT2D eigenvalue weighted by molar-refractivity contribution is 0.719. The van der Waals surface area contributed by atoms with Crippen LogP contribution in [0.25, 0.3) is 0 Å². The van der Waals surface area contributed by atoms with Crippen LogP contribution in [-0.4, -0.2) is 4.98 Å². The lowest BCUT2D eigenvalue weighted by atomic mass is 9.99. The molecule has 0 saturated heterocycles. The Morgan fingerprint density at radius 2 is 2.18 bits per heavy atom. The molecule has 88 valence electrons. The highest BCUT2D eigenvalue weighted by Gasteiger charge is 2.08. The van der Waals surface area contributed by atoms with E-state index in [1.165, 1.54) is 0 Å². The third-order valence-corrected chi connectivity index (χ3v) is 3.21. The number of hydrogen-bond acceptors (Lipinski definition) is 2. The average molecular weight is 247 g/mol. The van der Waals surface area contributed by atoms with E-state index >= 15 is 0 Å². The highest BCUT2D eigenvalue weighted by Crippen LogP contribution is 2.21. The van der Waals surface area contributed by atoms with Crippen molar-refractivity contribution in [3.63, 3.8) is 0 Å². The smallest absolute Gasteiger partial charge is 0.0435 e. The molecule has 0 saturated carbocycles. The largest absolute Gasteiger partial charge is 0.324 e. The van der Waals surface area contributed by atoms with Crippen molar-refractivity contribution >= 4 is 11.6 Å². The summed E-state index contributed by atoms with van der Waals surface area (Å²) in [6.45, 7) is 1.99. The standard InChI is InChI=1S/C14H15ClN2/c1-10-7-12(4-5-13(10)15)14(16)8-11-3-2-6-17-9-11/h2-7,9,14H,8,16H2,1H3. The molecule has 1 aromatic carbocycles. The molecule has 0 bridgehead atoms. The van der Waals surface area contributed by atoms with Crippen molar-refractivity contribution in [2.45, 2.75) is 19.4 Å². The second-order valence-electron chi connectivity index (χ2n) is 4.18. The molecule has 2 nitrogen and oxygen atoms in total. The van der Waals surface area contributed by atoms with E-state index in [4.69, 9.17) is 17.3 Å². The molecule has 0 aliphatic heterocycles. The van der Waals surface area contributed by atoms with E-state index in [-0.39, 0.29) is 6.04 Å². The number of hydrogen-bond donors (Lipinski definition) is 1. The van der Waals surface area contributed by atoms with Gasteiger partial charge in [0, 0.05) is 23.5 Å². The molecule has 1 atom stereocenters. The molecule has 1 aromatic heterocycles. The number of pyridine rings is 1. The van der Waals surface area contributed by atoms with Crippen molar-refractivity contribution in [2.24, 2.45) is 5.73 Å². The highest BCUT2D eigenvalue weighted by atomic mass is 35.5. The van der Waals surface area contributed by atoms with Gasteiger partial charge in [-0.3, -0.25) is 4.98 Å². The van der Waals surface area contributed by atoms with Crippen molar-refractivity contribution in [2.75, 3.05) is 0 Å². The first-order valence-corrected chi connectivity index (χ1v) is 5.95. The lowest BCUT2D eigenvalue weighted by Crippen LogP contribution is -2.13. The van der Waals surface area contributed by atoms with E-state index < -0.39 is 0 Å². The van der Waals surface area contributed by atoms with Gasteiger partial charge in [-0.2, -0.15) is 0 Å². The van der Waals surface area contributed by atoms with Gasteiger partial charge >= 0.3 is 0 Å². The van der Waals surface area contributed by atoms with Gasteiger partial charge in [-0.25, -0.2) is 0 Å². The number of nitrogens with zero attached hydrogens (tertiary/aromatic N) is 1. The summed E-state index contributed by atoms with van der Waals surface area (Å²) in [5, 5.41) is 0.780. The predicted molar refractivity (Wildman–Crippen MR) is 71.1 cm³/mol. The summed E-state index contributed by atoms with van der Waals surface area (Å²) >= 11 is 5.99. The number of benzene rings is 1. The summed E-state index contributed by atoms with van der Waals surface area (Å²) in [4.78, 5) is 4.09. The summed E-state index contributed by atoms with van der Waals surface area (Å²) in [7, 11) is 0. The Kier molecular flexibility index (Phi) is 3.77. The Morgan fingerprint density at radius 1 is 1.35 bits per heavy atom. The van der Waals surface area contributed by atoms with Gasteiger partial charge in [0.05, 0.1) is 0 Å². The fourth-order valence-electron chi connectivity index (χ4n) is 1.79. The van der Waals surface area contributed by atoms with Crippen molar-refractivity contribution in [1.29, 1.82) is 0 Å². The second-order valence-corrected chi connectivity index (χ2v) is 4.59. The molecule has 0 amide bonds. The molecule has 0 aliphatic carbocycles. The van der Waals surface area contributed by atoms with Gasteiger partial charge in [-0.05, 0) is 42.2 Å². The van der Waals surface area contributed by atoms with Crippen LogP contribution < -0.4 is 5.73 Å². The van der Waals surface area contributed by atoms with E-state index in [0.29, 0.717) is 0 Å². The molecule has 0 radical (unpaired) electrons. The van der Waals surface area contributed by atoms with Crippen LogP contribution in [0.1, 0.15) is 22.7 Å². The van der Waals surface area contributed by atoms with Crippen molar-refractivity contribution in [3.8, 4) is 0 Å². The zero-order chi connectivity index (χ0) is 12.3. The van der Waals surface area contributed by atoms with Crippen molar-refractivity contribution in [1.82, 2.24) is 4.98 Å². The number of aryl methyl sites for hydroxylation is 1. The van der Waals surface area contributed by atoms with E-state index in [1.807, 2.05) is 43.5 Å². The van der Waals surface area contributed by atoms with E-state index in [2.05, 4.69) is 4.98 Å². The maximum absolute atomic E-state index is 6.18. The first-order valence-electron chi connectivity index (χ1n) is 5.57. The van der Waals surface area contributed by atoms with E-state index in [1.54, 1.807) is 6.20 Å². The van der Waals surface area contributed by atoms with Gasteiger partial charge in [0.15, 0.2) is 0 Å². The Morgan fingerprint density at radius 3 is 2.82 bits per heavy atom. The molecular weight excluding hydrogens is 232 g/mol. The molecule has 3 heteroatoms. The average Bonchev–Trinajstić information content (AvgIpc) is 2.34. The number of nitrogens with two attached hydrogens (primary N) is 1. The summed E-state index contributed by atoms with van der Waals surface area (Å²) in [5.41, 5.74) is 9.49. The Balaban J connectivity index is 2.14. The summed E-state index contributed by atoms with van der Waals surface area (Å²) in [6.07, 6.45) is 4.40. The monoisotopic (exact) mass is 246 g/mol. The highest BCUT2D eigenvalue weighted by molar-refractivity contribution is 6.31. The van der Waals surface area contributed by atoms with Crippen LogP contribution in [0.15, 0.2) is 42.7 Å². The van der Waals surface area contributed by atoms with Crippen LogP contribution >= 0.6 is 11.6 Å². The fraction of sp³-hybridized carbons (Fsp3) is 0.214. The molecular formula is C14H15ClN2. The van der Waals surface area contributed by atoms with Crippen LogP contribution in [0.2, 0.25) is 5.02 Å². The van der Waals surface area contributed by atoms with Gasteiger partial charge in [0.2, 0.25) is 0 Å². The van der Waals surface area contributed by atoms with Gasteiger partial charge in [-0.15, -0.1) is 0 Å². The van der Waals surface area contributed by atoms with Gasteiger partial charge in [-0.1, -0.05) is 29.8 Å². The van der Waals surface area contributed by atoms with Crippen LogP contribution in [-0.2, 0) is 6.42 Å². The predicted octanol–water partition coefficient (Wildman–Crippen LogP) is 3.29. The molecule has 2 N–H and O–H groups in total. The first-order chi connectivity index (χ1) is 8.16. The third kappa shape index (κ3) is 3.05. The molecule has 1 heterocycles. The number of aromatic nitrogens is 1. The lowest BCUT2D eigenvalue weighted by Gasteiger charge is -2.13. The molecule has 2 aromatic rings. The minimum Gasteiger partial charge on any atom is -0.324 e. The molecule has 17 heavy (non-hydrogen) atoms. The quantitative estimate of drug-likeness (QED) is 0.903. The van der Waals surface area contributed by atoms with Gasteiger partial charge in [0.25, 0.3) is 0 Å². The summed E-state index contributed by atoms with van der Waals surface area (Å²) in [5.74, 6) is 0. The zero-order valence-corrected chi connectivity index (χ0v) is 10.5. The Labute approximate surface area is 106 Å². The SMILES string of the molecule is Cc1cc(C(N)Cc2cccnc2)ccc1Cl. The normalized spacial score (nSPS) is 12.4. The van der Waals surface area contributed by atoms with Gasteiger partial charge < -0.3 is 5.73 Å². The Hall–Kier alpha value is -1.38. The minimum atomic E-state index is -0.0184. The van der Waals surface area contributed by atoms with Crippen LogP contribution in [0.3, 0.4) is 0 Å². The van der Waals surface area contributed by atoms with Crippen molar-refractivity contribution < 1.29 is 0 Å². The zero-order valence-electron chi connectivity index (χ0n) is 9.73. The third-order valence-electron chi connectivity index (χ3n) is 2.79. The summed E-state index contributed by atoms with van der Waals surface area (Å²) < 4.78 is 0. The molecule has 0 spiro atoms. The molecule has 0 aliphatic rings. The molecule has 2 rings (SSSR count). The topological polar surface area (TPSA) is 38.9 Å². The number of halogens is 1. The first kappa shape index (κ1) is 12.1. The van der Waals surface area contributed by atoms with Crippen LogP contribution in [0, 0.1) is 6.92 Å².